The maximum atomic E-state index is 5.68. The van der Waals surface area contributed by atoms with Crippen LogP contribution in [-0.4, -0.2) is 22.2 Å². The van der Waals surface area contributed by atoms with Crippen LogP contribution in [0, 0.1) is 0 Å². The lowest BCUT2D eigenvalue weighted by Gasteiger charge is -2.19. The number of pyridine rings is 1. The van der Waals surface area contributed by atoms with Crippen LogP contribution in [0.15, 0.2) is 36.8 Å². The molecular formula is C12H15N5. The lowest BCUT2D eigenvalue weighted by molar-refractivity contribution is 0.840. The van der Waals surface area contributed by atoms with Crippen LogP contribution in [0.4, 0.5) is 5.82 Å². The van der Waals surface area contributed by atoms with Crippen LogP contribution in [0.1, 0.15) is 11.1 Å². The molecule has 0 fully saturated rings. The zero-order valence-corrected chi connectivity index (χ0v) is 9.74. The van der Waals surface area contributed by atoms with Gasteiger partial charge in [0.1, 0.15) is 0 Å². The molecule has 2 N–H and O–H groups in total. The lowest BCUT2D eigenvalue weighted by Crippen LogP contribution is -2.20. The fourth-order valence-electron chi connectivity index (χ4n) is 1.67. The topological polar surface area (TPSA) is 67.9 Å². The summed E-state index contributed by atoms with van der Waals surface area (Å²) in [6.45, 7) is 1.20. The van der Waals surface area contributed by atoms with Crippen molar-refractivity contribution in [3.63, 3.8) is 0 Å². The van der Waals surface area contributed by atoms with Crippen molar-refractivity contribution in [2.75, 3.05) is 11.9 Å². The Morgan fingerprint density at radius 3 is 2.88 bits per heavy atom. The molecule has 2 rings (SSSR count). The van der Waals surface area contributed by atoms with Gasteiger partial charge in [-0.15, -0.1) is 5.10 Å². The van der Waals surface area contributed by atoms with Crippen LogP contribution in [0.25, 0.3) is 0 Å². The van der Waals surface area contributed by atoms with Crippen LogP contribution in [0.5, 0.6) is 0 Å². The van der Waals surface area contributed by atoms with E-state index in [-0.39, 0.29) is 0 Å². The normalized spacial score (nSPS) is 10.2. The molecule has 0 aromatic carbocycles. The minimum absolute atomic E-state index is 0.461. The molecule has 0 amide bonds. The number of anilines is 1. The second kappa shape index (κ2) is 5.36. The molecule has 0 saturated carbocycles. The molecule has 0 aliphatic heterocycles. The summed E-state index contributed by atoms with van der Waals surface area (Å²) >= 11 is 0. The van der Waals surface area contributed by atoms with E-state index in [0.717, 1.165) is 23.5 Å². The summed E-state index contributed by atoms with van der Waals surface area (Å²) in [5.74, 6) is 0.818. The van der Waals surface area contributed by atoms with Crippen LogP contribution in [0.2, 0.25) is 0 Å². The number of hydrogen-bond donors (Lipinski definition) is 1. The molecule has 0 aliphatic rings. The van der Waals surface area contributed by atoms with Gasteiger partial charge >= 0.3 is 0 Å². The number of hydrogen-bond acceptors (Lipinski definition) is 5. The van der Waals surface area contributed by atoms with Crippen LogP contribution < -0.4 is 10.6 Å². The van der Waals surface area contributed by atoms with Gasteiger partial charge in [-0.3, -0.25) is 4.98 Å². The van der Waals surface area contributed by atoms with Gasteiger partial charge in [-0.25, -0.2) is 0 Å². The van der Waals surface area contributed by atoms with E-state index >= 15 is 0 Å². The Kier molecular flexibility index (Phi) is 3.62. The molecule has 0 saturated heterocycles. The molecule has 17 heavy (non-hydrogen) atoms. The first kappa shape index (κ1) is 11.5. The minimum Gasteiger partial charge on any atom is -0.354 e. The van der Waals surface area contributed by atoms with Gasteiger partial charge < -0.3 is 10.6 Å². The molecule has 0 atom stereocenters. The fourth-order valence-corrected chi connectivity index (χ4v) is 1.67. The highest BCUT2D eigenvalue weighted by Crippen LogP contribution is 2.16. The van der Waals surface area contributed by atoms with Crippen molar-refractivity contribution >= 4 is 5.82 Å². The van der Waals surface area contributed by atoms with E-state index in [1.807, 2.05) is 36.3 Å². The Morgan fingerprint density at radius 1 is 1.29 bits per heavy atom. The highest BCUT2D eigenvalue weighted by Gasteiger charge is 2.08. The van der Waals surface area contributed by atoms with Gasteiger partial charge in [-0.2, -0.15) is 5.10 Å². The molecular weight excluding hydrogens is 214 g/mol. The Bertz CT molecular complexity index is 471. The van der Waals surface area contributed by atoms with Crippen LogP contribution in [-0.2, 0) is 13.1 Å². The molecule has 2 aromatic heterocycles. The molecule has 0 bridgehead atoms. The average molecular weight is 229 g/mol. The Hall–Kier alpha value is -2.01. The van der Waals surface area contributed by atoms with Crippen LogP contribution >= 0.6 is 0 Å². The number of aromatic nitrogens is 3. The molecule has 88 valence electrons. The van der Waals surface area contributed by atoms with E-state index in [0.29, 0.717) is 6.54 Å². The van der Waals surface area contributed by atoms with E-state index in [2.05, 4.69) is 15.2 Å². The standard InChI is InChI=1S/C12H15N5/c1-17(9-10-3-2-5-14-8-10)12-11(7-13)4-6-15-16-12/h2-6,8H,7,9,13H2,1H3. The highest BCUT2D eigenvalue weighted by molar-refractivity contribution is 5.45. The number of nitrogens with zero attached hydrogens (tertiary/aromatic N) is 4. The van der Waals surface area contributed by atoms with Crippen molar-refractivity contribution in [3.05, 3.63) is 47.9 Å². The Labute approximate surface area is 100 Å². The van der Waals surface area contributed by atoms with Gasteiger partial charge in [0.05, 0.1) is 6.20 Å². The maximum Gasteiger partial charge on any atom is 0.155 e. The largest absolute Gasteiger partial charge is 0.354 e. The predicted octanol–water partition coefficient (Wildman–Crippen LogP) is 0.967. The SMILES string of the molecule is CN(Cc1cccnc1)c1nnccc1CN. The van der Waals surface area contributed by atoms with Crippen molar-refractivity contribution < 1.29 is 0 Å². The summed E-state index contributed by atoms with van der Waals surface area (Å²) < 4.78 is 0. The van der Waals surface area contributed by atoms with Gasteiger partial charge in [-0.1, -0.05) is 6.07 Å². The van der Waals surface area contributed by atoms with E-state index in [1.54, 1.807) is 12.4 Å². The van der Waals surface area contributed by atoms with Crippen molar-refractivity contribution in [2.45, 2.75) is 13.1 Å². The lowest BCUT2D eigenvalue weighted by atomic mass is 10.2. The summed E-state index contributed by atoms with van der Waals surface area (Å²) in [6, 6.07) is 5.84. The van der Waals surface area contributed by atoms with Crippen molar-refractivity contribution in [1.29, 1.82) is 0 Å². The van der Waals surface area contributed by atoms with E-state index in [9.17, 15) is 0 Å². The molecule has 0 radical (unpaired) electrons. The number of nitrogens with two attached hydrogens (primary N) is 1. The van der Waals surface area contributed by atoms with Gasteiger partial charge in [-0.05, 0) is 17.7 Å². The van der Waals surface area contributed by atoms with Crippen LogP contribution in [0.3, 0.4) is 0 Å². The van der Waals surface area contributed by atoms with Gasteiger partial charge in [0.2, 0.25) is 0 Å². The van der Waals surface area contributed by atoms with Crippen molar-refractivity contribution in [3.8, 4) is 0 Å². The summed E-state index contributed by atoms with van der Waals surface area (Å²) in [4.78, 5) is 6.11. The highest BCUT2D eigenvalue weighted by atomic mass is 15.2. The fraction of sp³-hybridized carbons (Fsp3) is 0.250. The first-order chi connectivity index (χ1) is 8.31. The minimum atomic E-state index is 0.461. The molecule has 5 nitrogen and oxygen atoms in total. The predicted molar refractivity (Wildman–Crippen MR) is 66.3 cm³/mol. The van der Waals surface area contributed by atoms with Gasteiger partial charge in [0.25, 0.3) is 0 Å². The quantitative estimate of drug-likeness (QED) is 0.846. The van der Waals surface area contributed by atoms with Gasteiger partial charge in [0.15, 0.2) is 5.82 Å². The second-order valence-corrected chi connectivity index (χ2v) is 3.80. The molecule has 0 spiro atoms. The van der Waals surface area contributed by atoms with E-state index in [4.69, 9.17) is 5.73 Å². The average Bonchev–Trinajstić information content (AvgIpc) is 2.40. The van der Waals surface area contributed by atoms with Crippen molar-refractivity contribution in [2.24, 2.45) is 5.73 Å². The molecule has 2 aromatic rings. The molecule has 0 aliphatic carbocycles. The zero-order valence-electron chi connectivity index (χ0n) is 9.74. The summed E-state index contributed by atoms with van der Waals surface area (Å²) in [5.41, 5.74) is 7.80. The van der Waals surface area contributed by atoms with Gasteiger partial charge in [0, 0.05) is 38.1 Å². The first-order valence-corrected chi connectivity index (χ1v) is 5.42. The van der Waals surface area contributed by atoms with E-state index < -0.39 is 0 Å². The summed E-state index contributed by atoms with van der Waals surface area (Å²) in [7, 11) is 1.97. The Morgan fingerprint density at radius 2 is 2.18 bits per heavy atom. The first-order valence-electron chi connectivity index (χ1n) is 5.42. The third-order valence-electron chi connectivity index (χ3n) is 2.51. The molecule has 0 unspecified atom stereocenters. The van der Waals surface area contributed by atoms with E-state index in [1.165, 1.54) is 0 Å². The second-order valence-electron chi connectivity index (χ2n) is 3.80. The zero-order chi connectivity index (χ0) is 12.1. The third kappa shape index (κ3) is 2.76. The summed E-state index contributed by atoms with van der Waals surface area (Å²) in [6.07, 6.45) is 5.26. The monoisotopic (exact) mass is 229 g/mol. The number of rotatable bonds is 4. The molecule has 5 heteroatoms. The van der Waals surface area contributed by atoms with Crippen molar-refractivity contribution in [1.82, 2.24) is 15.2 Å². The maximum absolute atomic E-state index is 5.68. The summed E-state index contributed by atoms with van der Waals surface area (Å²) in [5, 5.41) is 8.01. The Balaban J connectivity index is 2.17. The molecule has 2 heterocycles. The smallest absolute Gasteiger partial charge is 0.155 e. The third-order valence-corrected chi connectivity index (χ3v) is 2.51.